The number of ether oxygens (including phenoxy) is 2. The van der Waals surface area contributed by atoms with Gasteiger partial charge < -0.3 is 14.6 Å². The lowest BCUT2D eigenvalue weighted by atomic mass is 9.84. The number of benzene rings is 3. The molecule has 0 bridgehead atoms. The van der Waals surface area contributed by atoms with Crippen molar-refractivity contribution < 1.29 is 24.2 Å². The van der Waals surface area contributed by atoms with Crippen LogP contribution in [0.15, 0.2) is 72.3 Å². The van der Waals surface area contributed by atoms with Gasteiger partial charge in [0.15, 0.2) is 0 Å². The zero-order valence-corrected chi connectivity index (χ0v) is 22.1. The summed E-state index contributed by atoms with van der Waals surface area (Å²) < 4.78 is 11.2. The zero-order chi connectivity index (χ0) is 27.6. The van der Waals surface area contributed by atoms with Gasteiger partial charge in [0.05, 0.1) is 37.0 Å². The Morgan fingerprint density at radius 2 is 1.76 bits per heavy atom. The van der Waals surface area contributed by atoms with Crippen LogP contribution in [-0.2, 0) is 15.0 Å². The number of Topliss-reactive ketones (excluding diaryl/α,β-unsaturated/α-hetero) is 1. The number of aliphatic hydroxyl groups is 1. The molecule has 0 aliphatic carbocycles. The molecule has 4 rings (SSSR count). The van der Waals surface area contributed by atoms with Gasteiger partial charge in [0.1, 0.15) is 17.3 Å². The highest BCUT2D eigenvalue weighted by molar-refractivity contribution is 6.51. The molecule has 1 unspecified atom stereocenters. The minimum atomic E-state index is -0.914. The lowest BCUT2D eigenvalue weighted by Crippen LogP contribution is -2.29. The summed E-state index contributed by atoms with van der Waals surface area (Å²) in [5.41, 5.74) is 2.38. The van der Waals surface area contributed by atoms with Crippen LogP contribution in [0.5, 0.6) is 11.5 Å². The normalized spacial score (nSPS) is 16.8. The van der Waals surface area contributed by atoms with Gasteiger partial charge in [0.25, 0.3) is 11.7 Å². The van der Waals surface area contributed by atoms with E-state index in [4.69, 9.17) is 9.47 Å². The Balaban J connectivity index is 1.95. The number of rotatable bonds is 6. The molecule has 7 heteroatoms. The van der Waals surface area contributed by atoms with E-state index >= 15 is 0 Å². The summed E-state index contributed by atoms with van der Waals surface area (Å²) in [5, 5.41) is 20.8. The minimum Gasteiger partial charge on any atom is -0.507 e. The number of nitrogens with zero attached hydrogens (tertiary/aromatic N) is 2. The third-order valence-corrected chi connectivity index (χ3v) is 6.49. The molecule has 3 aromatic rings. The average Bonchev–Trinajstić information content (AvgIpc) is 3.18. The zero-order valence-electron chi connectivity index (χ0n) is 22.1. The van der Waals surface area contributed by atoms with E-state index in [0.717, 1.165) is 5.56 Å². The Kier molecular flexibility index (Phi) is 7.27. The van der Waals surface area contributed by atoms with Crippen LogP contribution in [0, 0.1) is 11.3 Å². The number of aliphatic hydroxyl groups excluding tert-OH is 1. The number of ketones is 1. The fourth-order valence-electron chi connectivity index (χ4n) is 4.62. The van der Waals surface area contributed by atoms with Gasteiger partial charge in [0.2, 0.25) is 0 Å². The summed E-state index contributed by atoms with van der Waals surface area (Å²) in [4.78, 5) is 28.3. The molecule has 1 aliphatic heterocycles. The van der Waals surface area contributed by atoms with E-state index in [1.54, 1.807) is 66.7 Å². The first kappa shape index (κ1) is 26.5. The molecule has 1 saturated heterocycles. The van der Waals surface area contributed by atoms with Gasteiger partial charge in [0, 0.05) is 16.8 Å². The van der Waals surface area contributed by atoms with Gasteiger partial charge >= 0.3 is 0 Å². The third kappa shape index (κ3) is 4.85. The molecule has 38 heavy (non-hydrogen) atoms. The van der Waals surface area contributed by atoms with Crippen LogP contribution in [0.3, 0.4) is 0 Å². The van der Waals surface area contributed by atoms with E-state index < -0.39 is 17.7 Å². The monoisotopic (exact) mass is 510 g/mol. The van der Waals surface area contributed by atoms with Gasteiger partial charge in [-0.25, -0.2) is 0 Å². The molecule has 0 aromatic heterocycles. The molecule has 1 fully saturated rings. The summed E-state index contributed by atoms with van der Waals surface area (Å²) in [6.45, 7) is 8.50. The van der Waals surface area contributed by atoms with Crippen molar-refractivity contribution in [3.05, 3.63) is 94.6 Å². The van der Waals surface area contributed by atoms with Crippen molar-refractivity contribution in [3.8, 4) is 17.6 Å². The van der Waals surface area contributed by atoms with Crippen LogP contribution in [0.2, 0.25) is 0 Å². The Labute approximate surface area is 222 Å². The molecule has 0 radical (unpaired) electrons. The summed E-state index contributed by atoms with van der Waals surface area (Å²) in [5.74, 6) is -0.610. The second kappa shape index (κ2) is 10.4. The molecule has 1 aliphatic rings. The fraction of sp³-hybridized carbons (Fsp3) is 0.258. The van der Waals surface area contributed by atoms with E-state index in [2.05, 4.69) is 6.07 Å². The van der Waals surface area contributed by atoms with Crippen LogP contribution in [0.1, 0.15) is 56.0 Å². The van der Waals surface area contributed by atoms with Crippen molar-refractivity contribution in [2.45, 2.75) is 39.2 Å². The standard InChI is InChI=1S/C31H30N2O5/c1-6-38-25-15-12-21(17-24(25)31(2,3)4)28(34)26-27(20-8-7-9-23(16-20)37-5)33(30(36)29(26)35)22-13-10-19(18-32)11-14-22/h7-17,27,34H,6H2,1-5H3/b28-26-. The number of methoxy groups -OCH3 is 1. The Hall–Kier alpha value is -4.57. The predicted octanol–water partition coefficient (Wildman–Crippen LogP) is 5.89. The van der Waals surface area contributed by atoms with E-state index in [0.29, 0.717) is 40.5 Å². The van der Waals surface area contributed by atoms with Crippen LogP contribution in [0.25, 0.3) is 5.76 Å². The second-order valence-corrected chi connectivity index (χ2v) is 10.00. The maximum atomic E-state index is 13.5. The van der Waals surface area contributed by atoms with Crippen molar-refractivity contribution in [1.29, 1.82) is 5.26 Å². The highest BCUT2D eigenvalue weighted by Gasteiger charge is 2.47. The molecule has 0 spiro atoms. The SMILES string of the molecule is CCOc1ccc(/C(O)=C2/C(=O)C(=O)N(c3ccc(C#N)cc3)C2c2cccc(OC)c2)cc1C(C)(C)C. The number of nitriles is 1. The molecule has 1 N–H and O–H groups in total. The first-order valence-corrected chi connectivity index (χ1v) is 12.3. The van der Waals surface area contributed by atoms with Crippen LogP contribution in [0.4, 0.5) is 5.69 Å². The second-order valence-electron chi connectivity index (χ2n) is 10.00. The summed E-state index contributed by atoms with van der Waals surface area (Å²) >= 11 is 0. The van der Waals surface area contributed by atoms with Crippen molar-refractivity contribution in [2.75, 3.05) is 18.6 Å². The molecule has 1 amide bonds. The first-order valence-electron chi connectivity index (χ1n) is 12.3. The molecular weight excluding hydrogens is 480 g/mol. The maximum Gasteiger partial charge on any atom is 0.300 e. The van der Waals surface area contributed by atoms with Gasteiger partial charge in [-0.2, -0.15) is 5.26 Å². The van der Waals surface area contributed by atoms with Crippen molar-refractivity contribution >= 4 is 23.1 Å². The van der Waals surface area contributed by atoms with Crippen LogP contribution in [-0.4, -0.2) is 30.5 Å². The average molecular weight is 511 g/mol. The van der Waals surface area contributed by atoms with E-state index in [1.807, 2.05) is 27.7 Å². The summed E-state index contributed by atoms with van der Waals surface area (Å²) in [6, 6.07) is 19.8. The quantitative estimate of drug-likeness (QED) is 0.252. The molecule has 3 aromatic carbocycles. The summed E-state index contributed by atoms with van der Waals surface area (Å²) in [6.07, 6.45) is 0. The van der Waals surface area contributed by atoms with Gasteiger partial charge in [-0.05, 0) is 72.5 Å². The van der Waals surface area contributed by atoms with Crippen molar-refractivity contribution in [1.82, 2.24) is 0 Å². The van der Waals surface area contributed by atoms with E-state index in [-0.39, 0.29) is 16.7 Å². The Morgan fingerprint density at radius 1 is 1.05 bits per heavy atom. The number of hydrogen-bond acceptors (Lipinski definition) is 6. The van der Waals surface area contributed by atoms with Crippen LogP contribution >= 0.6 is 0 Å². The van der Waals surface area contributed by atoms with Gasteiger partial charge in [-0.15, -0.1) is 0 Å². The molecule has 7 nitrogen and oxygen atoms in total. The van der Waals surface area contributed by atoms with Gasteiger partial charge in [-0.1, -0.05) is 32.9 Å². The fourth-order valence-corrected chi connectivity index (χ4v) is 4.62. The lowest BCUT2D eigenvalue weighted by molar-refractivity contribution is -0.132. The summed E-state index contributed by atoms with van der Waals surface area (Å²) in [7, 11) is 1.53. The number of amides is 1. The van der Waals surface area contributed by atoms with E-state index in [1.165, 1.54) is 12.0 Å². The first-order chi connectivity index (χ1) is 18.1. The minimum absolute atomic E-state index is 0.0309. The smallest absolute Gasteiger partial charge is 0.300 e. The number of carbonyl (C=O) groups excluding carboxylic acids is 2. The number of hydrogen-bond donors (Lipinski definition) is 1. The lowest BCUT2D eigenvalue weighted by Gasteiger charge is -2.26. The Morgan fingerprint density at radius 3 is 2.37 bits per heavy atom. The third-order valence-electron chi connectivity index (χ3n) is 6.49. The number of anilines is 1. The molecule has 1 atom stereocenters. The predicted molar refractivity (Wildman–Crippen MR) is 145 cm³/mol. The highest BCUT2D eigenvalue weighted by Crippen LogP contribution is 2.43. The van der Waals surface area contributed by atoms with Crippen molar-refractivity contribution in [3.63, 3.8) is 0 Å². The van der Waals surface area contributed by atoms with Crippen LogP contribution < -0.4 is 14.4 Å². The topological polar surface area (TPSA) is 99.9 Å². The highest BCUT2D eigenvalue weighted by atomic mass is 16.5. The molecular formula is C31H30N2O5. The number of carbonyl (C=O) groups is 2. The molecule has 0 saturated carbocycles. The maximum absolute atomic E-state index is 13.5. The van der Waals surface area contributed by atoms with Gasteiger partial charge in [-0.3, -0.25) is 14.5 Å². The molecule has 1 heterocycles. The Bertz CT molecular complexity index is 1460. The van der Waals surface area contributed by atoms with E-state index in [9.17, 15) is 20.0 Å². The largest absolute Gasteiger partial charge is 0.507 e. The van der Waals surface area contributed by atoms with Crippen molar-refractivity contribution in [2.24, 2.45) is 0 Å². The molecule has 194 valence electrons.